The SMILES string of the molecule is CCCC(=O)Nc1ccc(CNC(=O)CC(c2ccccc2)C(F)(F)F)cc1. The Bertz CT molecular complexity index is 774. The number of halogens is 3. The van der Waals surface area contributed by atoms with E-state index in [9.17, 15) is 22.8 Å². The van der Waals surface area contributed by atoms with Crippen LogP contribution in [0, 0.1) is 0 Å². The van der Waals surface area contributed by atoms with Crippen molar-refractivity contribution in [1.29, 1.82) is 0 Å². The van der Waals surface area contributed by atoms with Gasteiger partial charge in [-0.05, 0) is 29.7 Å². The summed E-state index contributed by atoms with van der Waals surface area (Å²) < 4.78 is 40.0. The molecule has 0 aliphatic heterocycles. The van der Waals surface area contributed by atoms with Crippen molar-refractivity contribution >= 4 is 17.5 Å². The van der Waals surface area contributed by atoms with Crippen molar-refractivity contribution in [2.45, 2.75) is 44.8 Å². The number of amides is 2. The number of anilines is 1. The van der Waals surface area contributed by atoms with E-state index in [-0.39, 0.29) is 18.0 Å². The summed E-state index contributed by atoms with van der Waals surface area (Å²) in [5.74, 6) is -2.60. The predicted molar refractivity (Wildman–Crippen MR) is 102 cm³/mol. The van der Waals surface area contributed by atoms with Crippen molar-refractivity contribution in [3.63, 3.8) is 0 Å². The fourth-order valence-corrected chi connectivity index (χ4v) is 2.72. The minimum absolute atomic E-state index is 0.0670. The lowest BCUT2D eigenvalue weighted by molar-refractivity contribution is -0.157. The Balaban J connectivity index is 1.91. The highest BCUT2D eigenvalue weighted by Gasteiger charge is 2.41. The Kier molecular flexibility index (Phi) is 7.61. The number of carbonyl (C=O) groups excluding carboxylic acids is 2. The molecular weight excluding hydrogens is 369 g/mol. The first-order valence-electron chi connectivity index (χ1n) is 9.06. The molecule has 2 aromatic carbocycles. The predicted octanol–water partition coefficient (Wildman–Crippen LogP) is 4.78. The third kappa shape index (κ3) is 6.72. The second-order valence-corrected chi connectivity index (χ2v) is 6.48. The monoisotopic (exact) mass is 392 g/mol. The second-order valence-electron chi connectivity index (χ2n) is 6.48. The van der Waals surface area contributed by atoms with Gasteiger partial charge in [-0.2, -0.15) is 13.2 Å². The molecule has 1 atom stereocenters. The largest absolute Gasteiger partial charge is 0.396 e. The third-order valence-electron chi connectivity index (χ3n) is 4.19. The number of hydrogen-bond acceptors (Lipinski definition) is 2. The van der Waals surface area contributed by atoms with Crippen molar-refractivity contribution < 1.29 is 22.8 Å². The van der Waals surface area contributed by atoms with Crippen molar-refractivity contribution in [3.05, 3.63) is 65.7 Å². The fraction of sp³-hybridized carbons (Fsp3) is 0.333. The van der Waals surface area contributed by atoms with E-state index in [1.165, 1.54) is 24.3 Å². The Labute approximate surface area is 162 Å². The summed E-state index contributed by atoms with van der Waals surface area (Å²) in [5.41, 5.74) is 1.43. The van der Waals surface area contributed by atoms with Crippen LogP contribution in [0.2, 0.25) is 0 Å². The molecule has 0 aliphatic carbocycles. The van der Waals surface area contributed by atoms with E-state index in [4.69, 9.17) is 0 Å². The average molecular weight is 392 g/mol. The van der Waals surface area contributed by atoms with Gasteiger partial charge in [0.05, 0.1) is 5.92 Å². The lowest BCUT2D eigenvalue weighted by Crippen LogP contribution is -2.30. The smallest absolute Gasteiger partial charge is 0.352 e. The van der Waals surface area contributed by atoms with E-state index < -0.39 is 24.4 Å². The summed E-state index contributed by atoms with van der Waals surface area (Å²) >= 11 is 0. The second kappa shape index (κ2) is 9.92. The van der Waals surface area contributed by atoms with Crippen LogP contribution in [-0.2, 0) is 16.1 Å². The highest BCUT2D eigenvalue weighted by atomic mass is 19.4. The molecule has 2 N–H and O–H groups in total. The maximum absolute atomic E-state index is 13.3. The van der Waals surface area contributed by atoms with Gasteiger partial charge in [-0.3, -0.25) is 9.59 Å². The topological polar surface area (TPSA) is 58.2 Å². The standard InChI is InChI=1S/C21H23F3N2O2/c1-2-6-19(27)26-17-11-9-15(10-12-17)14-25-20(28)13-18(21(22,23)24)16-7-4-3-5-8-16/h3-5,7-12,18H,2,6,13-14H2,1H3,(H,25,28)(H,26,27). The molecule has 4 nitrogen and oxygen atoms in total. The van der Waals surface area contributed by atoms with Crippen molar-refractivity contribution in [3.8, 4) is 0 Å². The average Bonchev–Trinajstić information content (AvgIpc) is 2.65. The van der Waals surface area contributed by atoms with Crippen molar-refractivity contribution in [1.82, 2.24) is 5.32 Å². The van der Waals surface area contributed by atoms with Crippen LogP contribution in [0.1, 0.15) is 43.2 Å². The van der Waals surface area contributed by atoms with E-state index in [1.54, 1.807) is 30.3 Å². The first-order chi connectivity index (χ1) is 13.3. The summed E-state index contributed by atoms with van der Waals surface area (Å²) in [4.78, 5) is 23.6. The van der Waals surface area contributed by atoms with Gasteiger partial charge in [0.25, 0.3) is 0 Å². The van der Waals surface area contributed by atoms with Gasteiger partial charge in [0.1, 0.15) is 0 Å². The molecule has 0 bridgehead atoms. The first kappa shape index (κ1) is 21.5. The molecule has 0 spiro atoms. The summed E-state index contributed by atoms with van der Waals surface area (Å²) in [6, 6.07) is 14.2. The number of alkyl halides is 3. The Morgan fingerprint density at radius 1 is 0.964 bits per heavy atom. The van der Waals surface area contributed by atoms with E-state index in [0.29, 0.717) is 12.1 Å². The number of benzene rings is 2. The van der Waals surface area contributed by atoms with Crippen molar-refractivity contribution in [2.75, 3.05) is 5.32 Å². The van der Waals surface area contributed by atoms with Gasteiger partial charge >= 0.3 is 6.18 Å². The molecule has 0 saturated heterocycles. The summed E-state index contributed by atoms with van der Waals surface area (Å²) in [7, 11) is 0. The Morgan fingerprint density at radius 2 is 1.61 bits per heavy atom. The van der Waals surface area contributed by atoms with Crippen LogP contribution in [0.15, 0.2) is 54.6 Å². The molecule has 2 aromatic rings. The Morgan fingerprint density at radius 3 is 2.18 bits per heavy atom. The highest BCUT2D eigenvalue weighted by molar-refractivity contribution is 5.90. The normalized spacial score (nSPS) is 12.3. The fourth-order valence-electron chi connectivity index (χ4n) is 2.72. The number of nitrogens with one attached hydrogen (secondary N) is 2. The maximum atomic E-state index is 13.3. The third-order valence-corrected chi connectivity index (χ3v) is 4.19. The Hall–Kier alpha value is -2.83. The quantitative estimate of drug-likeness (QED) is 0.679. The van der Waals surface area contributed by atoms with Gasteiger partial charge in [0.15, 0.2) is 0 Å². The lowest BCUT2D eigenvalue weighted by atomic mass is 9.95. The summed E-state index contributed by atoms with van der Waals surface area (Å²) in [6.07, 6.45) is -3.99. The minimum Gasteiger partial charge on any atom is -0.352 e. The number of hydrogen-bond donors (Lipinski definition) is 2. The zero-order valence-corrected chi connectivity index (χ0v) is 15.6. The molecule has 2 rings (SSSR count). The van der Waals surface area contributed by atoms with Crippen LogP contribution in [0.4, 0.5) is 18.9 Å². The van der Waals surface area contributed by atoms with E-state index in [2.05, 4.69) is 10.6 Å². The van der Waals surface area contributed by atoms with Gasteiger partial charge in [-0.25, -0.2) is 0 Å². The molecule has 1 unspecified atom stereocenters. The first-order valence-corrected chi connectivity index (χ1v) is 9.06. The van der Waals surface area contributed by atoms with Crippen LogP contribution in [-0.4, -0.2) is 18.0 Å². The molecule has 0 radical (unpaired) electrons. The van der Waals surface area contributed by atoms with Crippen LogP contribution in [0.5, 0.6) is 0 Å². The molecule has 0 fully saturated rings. The van der Waals surface area contributed by atoms with Gasteiger partial charge in [0.2, 0.25) is 11.8 Å². The lowest BCUT2D eigenvalue weighted by Gasteiger charge is -2.20. The minimum atomic E-state index is -4.50. The van der Waals surface area contributed by atoms with Gasteiger partial charge in [-0.15, -0.1) is 0 Å². The van der Waals surface area contributed by atoms with Gasteiger partial charge in [-0.1, -0.05) is 49.4 Å². The van der Waals surface area contributed by atoms with Crippen LogP contribution in [0.25, 0.3) is 0 Å². The van der Waals surface area contributed by atoms with Crippen LogP contribution >= 0.6 is 0 Å². The van der Waals surface area contributed by atoms with Gasteiger partial charge < -0.3 is 10.6 Å². The zero-order chi connectivity index (χ0) is 20.6. The molecular formula is C21H23F3N2O2. The molecule has 0 saturated carbocycles. The van der Waals surface area contributed by atoms with Crippen molar-refractivity contribution in [2.24, 2.45) is 0 Å². The molecule has 0 aliphatic rings. The molecule has 2 amide bonds. The molecule has 28 heavy (non-hydrogen) atoms. The molecule has 7 heteroatoms. The molecule has 150 valence electrons. The highest BCUT2D eigenvalue weighted by Crippen LogP contribution is 2.37. The summed E-state index contributed by atoms with van der Waals surface area (Å²) in [6.45, 7) is 2.02. The maximum Gasteiger partial charge on any atom is 0.396 e. The molecule has 0 heterocycles. The van der Waals surface area contributed by atoms with Crippen LogP contribution < -0.4 is 10.6 Å². The van der Waals surface area contributed by atoms with E-state index in [1.807, 2.05) is 6.92 Å². The summed E-state index contributed by atoms with van der Waals surface area (Å²) in [5, 5.41) is 5.27. The van der Waals surface area contributed by atoms with E-state index >= 15 is 0 Å². The molecule has 0 aromatic heterocycles. The number of rotatable bonds is 8. The number of carbonyl (C=O) groups is 2. The van der Waals surface area contributed by atoms with E-state index in [0.717, 1.165) is 12.0 Å². The van der Waals surface area contributed by atoms with Gasteiger partial charge in [0, 0.05) is 25.1 Å². The zero-order valence-electron chi connectivity index (χ0n) is 15.6. The van der Waals surface area contributed by atoms with Crippen LogP contribution in [0.3, 0.4) is 0 Å².